The Bertz CT molecular complexity index is 134. The van der Waals surface area contributed by atoms with Crippen molar-refractivity contribution in [3.63, 3.8) is 0 Å². The summed E-state index contributed by atoms with van der Waals surface area (Å²) in [7, 11) is 0. The van der Waals surface area contributed by atoms with E-state index < -0.39 is 0 Å². The first-order valence-corrected chi connectivity index (χ1v) is 5.69. The van der Waals surface area contributed by atoms with Crippen LogP contribution in [0, 0.1) is 5.41 Å². The van der Waals surface area contributed by atoms with Gasteiger partial charge in [0.05, 0.1) is 13.2 Å². The molecule has 3 heteroatoms. The van der Waals surface area contributed by atoms with Gasteiger partial charge in [0.15, 0.2) is 0 Å². The maximum Gasteiger partial charge on any atom is 0.0545 e. The minimum atomic E-state index is 0.275. The number of rotatable bonds is 6. The Hall–Kier alpha value is -0.120. The molecule has 0 amide bonds. The van der Waals surface area contributed by atoms with Gasteiger partial charge in [0.1, 0.15) is 0 Å². The van der Waals surface area contributed by atoms with E-state index in [0.717, 1.165) is 39.5 Å². The number of nitrogens with one attached hydrogen (secondary N) is 1. The highest BCUT2D eigenvalue weighted by atomic mass is 16.5. The van der Waals surface area contributed by atoms with Crippen LogP contribution in [0.3, 0.4) is 0 Å². The van der Waals surface area contributed by atoms with Crippen molar-refractivity contribution in [1.82, 2.24) is 5.32 Å². The molecule has 1 N–H and O–H groups in total. The molecule has 1 fully saturated rings. The Labute approximate surface area is 87.2 Å². The largest absolute Gasteiger partial charge is 0.381 e. The zero-order valence-electron chi connectivity index (χ0n) is 9.47. The van der Waals surface area contributed by atoms with Gasteiger partial charge in [-0.05, 0) is 39.8 Å². The molecular formula is C11H23NO2. The molecule has 0 aliphatic carbocycles. The van der Waals surface area contributed by atoms with Crippen molar-refractivity contribution in [2.75, 3.05) is 39.5 Å². The third kappa shape index (κ3) is 3.56. The summed E-state index contributed by atoms with van der Waals surface area (Å²) in [6.45, 7) is 9.62. The lowest BCUT2D eigenvalue weighted by molar-refractivity contribution is -0.0330. The molecule has 1 aliphatic rings. The minimum absolute atomic E-state index is 0.275. The summed E-state index contributed by atoms with van der Waals surface area (Å²) < 4.78 is 11.1. The maximum absolute atomic E-state index is 5.57. The summed E-state index contributed by atoms with van der Waals surface area (Å²) in [5.74, 6) is 0. The highest BCUT2D eigenvalue weighted by molar-refractivity contribution is 4.84. The summed E-state index contributed by atoms with van der Waals surface area (Å²) >= 11 is 0. The molecule has 0 atom stereocenters. The molecule has 0 unspecified atom stereocenters. The molecule has 0 radical (unpaired) electrons. The first kappa shape index (κ1) is 12.0. The van der Waals surface area contributed by atoms with E-state index in [1.165, 1.54) is 12.8 Å². The van der Waals surface area contributed by atoms with Gasteiger partial charge in [0.2, 0.25) is 0 Å². The smallest absolute Gasteiger partial charge is 0.0545 e. The van der Waals surface area contributed by atoms with E-state index in [0.29, 0.717) is 0 Å². The monoisotopic (exact) mass is 201 g/mol. The van der Waals surface area contributed by atoms with E-state index in [4.69, 9.17) is 9.47 Å². The molecule has 0 aromatic carbocycles. The average molecular weight is 201 g/mol. The van der Waals surface area contributed by atoms with Crippen LogP contribution in [-0.2, 0) is 9.47 Å². The minimum Gasteiger partial charge on any atom is -0.381 e. The molecule has 14 heavy (non-hydrogen) atoms. The van der Waals surface area contributed by atoms with Crippen molar-refractivity contribution in [2.24, 2.45) is 5.41 Å². The van der Waals surface area contributed by atoms with E-state index >= 15 is 0 Å². The first-order valence-electron chi connectivity index (χ1n) is 5.69. The van der Waals surface area contributed by atoms with Gasteiger partial charge in [0.25, 0.3) is 0 Å². The van der Waals surface area contributed by atoms with Crippen LogP contribution in [0.4, 0.5) is 0 Å². The van der Waals surface area contributed by atoms with Crippen LogP contribution in [0.25, 0.3) is 0 Å². The molecule has 0 aromatic heterocycles. The van der Waals surface area contributed by atoms with Crippen LogP contribution in [0.2, 0.25) is 0 Å². The van der Waals surface area contributed by atoms with Gasteiger partial charge in [-0.15, -0.1) is 0 Å². The summed E-state index contributed by atoms with van der Waals surface area (Å²) in [5.41, 5.74) is 0.275. The Balaban J connectivity index is 2.39. The van der Waals surface area contributed by atoms with Crippen molar-refractivity contribution in [2.45, 2.75) is 26.7 Å². The van der Waals surface area contributed by atoms with Crippen molar-refractivity contribution >= 4 is 0 Å². The average Bonchev–Trinajstić information content (AvgIpc) is 2.25. The van der Waals surface area contributed by atoms with Crippen molar-refractivity contribution < 1.29 is 9.47 Å². The standard InChI is InChI=1S/C11H23NO2/c1-3-13-9-11(10-14-4-2)5-7-12-8-6-11/h12H,3-10H2,1-2H3. The van der Waals surface area contributed by atoms with Crippen LogP contribution in [0.1, 0.15) is 26.7 Å². The molecule has 0 spiro atoms. The maximum atomic E-state index is 5.57. The van der Waals surface area contributed by atoms with Gasteiger partial charge in [-0.3, -0.25) is 0 Å². The van der Waals surface area contributed by atoms with Crippen molar-refractivity contribution in [3.8, 4) is 0 Å². The molecule has 0 bridgehead atoms. The second kappa shape index (κ2) is 6.38. The Morgan fingerprint density at radius 3 is 1.93 bits per heavy atom. The summed E-state index contributed by atoms with van der Waals surface area (Å²) in [6, 6.07) is 0. The zero-order valence-corrected chi connectivity index (χ0v) is 9.47. The third-order valence-electron chi connectivity index (χ3n) is 2.89. The van der Waals surface area contributed by atoms with E-state index in [1.54, 1.807) is 0 Å². The topological polar surface area (TPSA) is 30.5 Å². The lowest BCUT2D eigenvalue weighted by Crippen LogP contribution is -2.43. The van der Waals surface area contributed by atoms with E-state index in [9.17, 15) is 0 Å². The fourth-order valence-corrected chi connectivity index (χ4v) is 1.92. The van der Waals surface area contributed by atoms with Gasteiger partial charge in [-0.25, -0.2) is 0 Å². The summed E-state index contributed by atoms with van der Waals surface area (Å²) in [6.07, 6.45) is 2.35. The third-order valence-corrected chi connectivity index (χ3v) is 2.89. The zero-order chi connectivity index (χ0) is 10.3. The van der Waals surface area contributed by atoms with Crippen LogP contribution < -0.4 is 5.32 Å². The van der Waals surface area contributed by atoms with Gasteiger partial charge < -0.3 is 14.8 Å². The fraction of sp³-hybridized carbons (Fsp3) is 1.00. The molecular weight excluding hydrogens is 178 g/mol. The highest BCUT2D eigenvalue weighted by Crippen LogP contribution is 2.29. The van der Waals surface area contributed by atoms with Crippen molar-refractivity contribution in [3.05, 3.63) is 0 Å². The predicted octanol–water partition coefficient (Wildman–Crippen LogP) is 1.43. The predicted molar refractivity (Wildman–Crippen MR) is 57.5 cm³/mol. The molecule has 1 heterocycles. The van der Waals surface area contributed by atoms with Gasteiger partial charge in [-0.2, -0.15) is 0 Å². The molecule has 1 aliphatic heterocycles. The van der Waals surface area contributed by atoms with E-state index in [2.05, 4.69) is 19.2 Å². The summed E-state index contributed by atoms with van der Waals surface area (Å²) in [5, 5.41) is 3.38. The molecule has 0 saturated carbocycles. The molecule has 1 rings (SSSR count). The molecule has 3 nitrogen and oxygen atoms in total. The highest BCUT2D eigenvalue weighted by Gasteiger charge is 2.32. The second-order valence-corrected chi connectivity index (χ2v) is 4.02. The van der Waals surface area contributed by atoms with Crippen LogP contribution in [0.15, 0.2) is 0 Å². The van der Waals surface area contributed by atoms with Gasteiger partial charge >= 0.3 is 0 Å². The van der Waals surface area contributed by atoms with Gasteiger partial charge in [-0.1, -0.05) is 0 Å². The van der Waals surface area contributed by atoms with Crippen molar-refractivity contribution in [1.29, 1.82) is 0 Å². The number of piperidine rings is 1. The normalized spacial score (nSPS) is 21.0. The van der Waals surface area contributed by atoms with Gasteiger partial charge in [0, 0.05) is 18.6 Å². The first-order chi connectivity index (χ1) is 6.83. The van der Waals surface area contributed by atoms with Crippen LogP contribution in [0.5, 0.6) is 0 Å². The second-order valence-electron chi connectivity index (χ2n) is 4.02. The fourth-order valence-electron chi connectivity index (χ4n) is 1.92. The number of hydrogen-bond acceptors (Lipinski definition) is 3. The molecule has 84 valence electrons. The quantitative estimate of drug-likeness (QED) is 0.705. The molecule has 0 aromatic rings. The Kier molecular flexibility index (Phi) is 5.45. The molecule has 1 saturated heterocycles. The Morgan fingerprint density at radius 2 is 1.50 bits per heavy atom. The number of hydrogen-bond donors (Lipinski definition) is 1. The number of ether oxygens (including phenoxy) is 2. The lowest BCUT2D eigenvalue weighted by Gasteiger charge is -2.36. The van der Waals surface area contributed by atoms with E-state index in [1.807, 2.05) is 0 Å². The van der Waals surface area contributed by atoms with Crippen LogP contribution in [-0.4, -0.2) is 39.5 Å². The van der Waals surface area contributed by atoms with E-state index in [-0.39, 0.29) is 5.41 Å². The Morgan fingerprint density at radius 1 is 1.00 bits per heavy atom. The lowest BCUT2D eigenvalue weighted by atomic mass is 9.80. The van der Waals surface area contributed by atoms with Crippen LogP contribution >= 0.6 is 0 Å². The summed E-state index contributed by atoms with van der Waals surface area (Å²) in [4.78, 5) is 0. The SMILES string of the molecule is CCOCC1(COCC)CCNCC1.